The minimum atomic E-state index is -3.00. The van der Waals surface area contributed by atoms with Crippen molar-refractivity contribution >= 4 is 36.5 Å². The van der Waals surface area contributed by atoms with E-state index in [4.69, 9.17) is 13.9 Å². The second-order valence-electron chi connectivity index (χ2n) is 20.3. The van der Waals surface area contributed by atoms with Gasteiger partial charge in [-0.1, -0.05) is 116 Å². The molecule has 5 rings (SSSR count). The van der Waals surface area contributed by atoms with E-state index in [9.17, 15) is 19.5 Å². The Labute approximate surface area is 350 Å². The number of esters is 1. The first-order chi connectivity index (χ1) is 27.2. The molecule has 3 fully saturated rings. The van der Waals surface area contributed by atoms with Crippen LogP contribution in [0, 0.1) is 34.0 Å². The van der Waals surface area contributed by atoms with Crippen LogP contribution in [0.2, 0.25) is 5.04 Å². The molecule has 3 aliphatic carbocycles. The Morgan fingerprint density at radius 3 is 2.07 bits per heavy atom. The Bertz CT molecular complexity index is 1650. The Morgan fingerprint density at radius 2 is 1.50 bits per heavy atom. The van der Waals surface area contributed by atoms with Gasteiger partial charge in [0.15, 0.2) is 0 Å². The predicted octanol–water partition coefficient (Wildman–Crippen LogP) is 7.96. The summed E-state index contributed by atoms with van der Waals surface area (Å²) in [7, 11) is -3.00. The number of hydrogen-bond donors (Lipinski definition) is 3. The lowest BCUT2D eigenvalue weighted by atomic mass is 9.43. The molecule has 3 N–H and O–H groups in total. The molecule has 0 aliphatic heterocycles. The van der Waals surface area contributed by atoms with E-state index in [0.29, 0.717) is 32.4 Å². The van der Waals surface area contributed by atoms with Crippen molar-refractivity contribution < 1.29 is 33.4 Å². The van der Waals surface area contributed by atoms with Gasteiger partial charge in [0.05, 0.1) is 6.10 Å². The monoisotopic (exact) mass is 819 g/mol. The molecule has 1 unspecified atom stereocenters. The summed E-state index contributed by atoms with van der Waals surface area (Å²) in [5.41, 5.74) is -2.07. The molecular weight excluding hydrogens is 745 g/mol. The van der Waals surface area contributed by atoms with Gasteiger partial charge >= 0.3 is 12.1 Å². The maximum atomic E-state index is 14.4. The van der Waals surface area contributed by atoms with Gasteiger partial charge in [-0.3, -0.25) is 4.79 Å². The molecule has 10 heteroatoms. The third kappa shape index (κ3) is 9.30. The maximum absolute atomic E-state index is 14.4. The van der Waals surface area contributed by atoms with Crippen molar-refractivity contribution in [2.45, 2.75) is 150 Å². The molecule has 0 saturated heterocycles. The van der Waals surface area contributed by atoms with Gasteiger partial charge in [0.25, 0.3) is 8.32 Å². The first-order valence-corrected chi connectivity index (χ1v) is 24.0. The SMILES string of the molecule is CC[C@@]1(C)C[C@@H](OC(=O)CO[Si](c2ccccc2)(c2ccccc2)C(C)(C)C)[C@@]2(C)C3C(=O)CC[C@@]3(CC[C@H]2C)[C@H](CNCCCCCNC(=O)OC(C)(C)C)[C@@H]1O. The molecule has 3 aliphatic rings. The van der Waals surface area contributed by atoms with Crippen LogP contribution in [-0.2, 0) is 23.5 Å². The second-order valence-corrected chi connectivity index (χ2v) is 24.6. The van der Waals surface area contributed by atoms with Crippen LogP contribution in [0.3, 0.4) is 0 Å². The summed E-state index contributed by atoms with van der Waals surface area (Å²) < 4.78 is 19.1. The normalized spacial score (nSPS) is 30.2. The number of Topliss-reactive ketones (excluding diaryl/α,β-unsaturated/α-hetero) is 1. The van der Waals surface area contributed by atoms with E-state index in [2.05, 4.69) is 83.4 Å². The molecule has 2 aromatic rings. The summed E-state index contributed by atoms with van der Waals surface area (Å²) in [6, 6.07) is 20.6. The highest BCUT2D eigenvalue weighted by Gasteiger charge is 2.69. The molecule has 8 atom stereocenters. The van der Waals surface area contributed by atoms with E-state index in [1.54, 1.807) is 0 Å². The van der Waals surface area contributed by atoms with E-state index in [0.717, 1.165) is 55.4 Å². The Morgan fingerprint density at radius 1 is 0.897 bits per heavy atom. The molecule has 0 heterocycles. The van der Waals surface area contributed by atoms with Crippen LogP contribution in [0.15, 0.2) is 60.7 Å². The number of carbonyl (C=O) groups is 3. The topological polar surface area (TPSA) is 123 Å². The number of ketones is 1. The lowest BCUT2D eigenvalue weighted by molar-refractivity contribution is -0.214. The average Bonchev–Trinajstić information content (AvgIpc) is 3.52. The Hall–Kier alpha value is -3.05. The van der Waals surface area contributed by atoms with E-state index in [1.165, 1.54) is 0 Å². The summed E-state index contributed by atoms with van der Waals surface area (Å²) in [5, 5.41) is 21.1. The van der Waals surface area contributed by atoms with Crippen molar-refractivity contribution in [3.8, 4) is 0 Å². The second kappa shape index (κ2) is 18.3. The maximum Gasteiger partial charge on any atom is 0.407 e. The highest BCUT2D eigenvalue weighted by Crippen LogP contribution is 2.68. The molecule has 0 spiro atoms. The molecule has 322 valence electrons. The number of nitrogens with one attached hydrogen (secondary N) is 2. The molecule has 0 aromatic heterocycles. The van der Waals surface area contributed by atoms with Gasteiger partial charge in [-0.05, 0) is 104 Å². The largest absolute Gasteiger partial charge is 0.460 e. The van der Waals surface area contributed by atoms with E-state index >= 15 is 0 Å². The van der Waals surface area contributed by atoms with Crippen molar-refractivity contribution in [3.63, 3.8) is 0 Å². The zero-order chi connectivity index (χ0) is 42.6. The number of aliphatic hydroxyl groups is 1. The van der Waals surface area contributed by atoms with Crippen LogP contribution in [0.25, 0.3) is 0 Å². The van der Waals surface area contributed by atoms with Crippen LogP contribution in [0.1, 0.15) is 127 Å². The molecule has 2 bridgehead atoms. The standard InChI is InChI=1S/C48H74N2O7Si/c1-11-46(9)31-39(56-40(52)33-55-58(45(6,7)8,35-21-15-12-16-22-35)36-23-17-13-18-24-36)47(10)34(2)25-27-48(28-26-38(51)41(47)48)37(42(46)53)32-49-29-19-14-20-30-50-43(54)57-44(3,4)5/h12-13,15-18,21-24,34,37,39,41-42,49,53H,11,14,19-20,25-33H2,1-10H3,(H,50,54)/t34-,37-,39-,41?,42+,46+,47+,48+/m1/s1. The average molecular weight is 819 g/mol. The number of rotatable bonds is 15. The van der Waals surface area contributed by atoms with Crippen molar-refractivity contribution in [2.24, 2.45) is 34.0 Å². The number of amides is 1. The summed E-state index contributed by atoms with van der Waals surface area (Å²) in [4.78, 5) is 40.8. The molecule has 3 saturated carbocycles. The number of carbonyl (C=O) groups excluding carboxylic acids is 3. The Kier molecular flexibility index (Phi) is 14.5. The van der Waals surface area contributed by atoms with E-state index < -0.39 is 54.4 Å². The van der Waals surface area contributed by atoms with E-state index in [1.807, 2.05) is 57.2 Å². The van der Waals surface area contributed by atoms with Crippen LogP contribution in [0.5, 0.6) is 0 Å². The first-order valence-electron chi connectivity index (χ1n) is 22.1. The molecule has 2 aromatic carbocycles. The zero-order valence-electron chi connectivity index (χ0n) is 37.2. The van der Waals surface area contributed by atoms with Crippen LogP contribution < -0.4 is 21.0 Å². The van der Waals surface area contributed by atoms with Gasteiger partial charge in [0.1, 0.15) is 24.1 Å². The van der Waals surface area contributed by atoms with Gasteiger partial charge in [-0.2, -0.15) is 0 Å². The number of unbranched alkanes of at least 4 members (excludes halogenated alkanes) is 2. The van der Waals surface area contributed by atoms with Gasteiger partial charge in [-0.25, -0.2) is 9.59 Å². The molecule has 9 nitrogen and oxygen atoms in total. The minimum absolute atomic E-state index is 0.121. The fraction of sp³-hybridized carbons (Fsp3) is 0.688. The lowest BCUT2D eigenvalue weighted by Crippen LogP contribution is -2.67. The van der Waals surface area contributed by atoms with Crippen LogP contribution in [0.4, 0.5) is 4.79 Å². The van der Waals surface area contributed by atoms with Gasteiger partial charge in [0, 0.05) is 36.8 Å². The summed E-state index contributed by atoms with van der Waals surface area (Å²) in [5.74, 6) is -0.470. The number of aliphatic hydroxyl groups excluding tert-OH is 1. The van der Waals surface area contributed by atoms with Crippen molar-refractivity contribution in [1.82, 2.24) is 10.6 Å². The molecule has 1 amide bonds. The fourth-order valence-electron chi connectivity index (χ4n) is 11.2. The van der Waals surface area contributed by atoms with Gasteiger partial charge in [0.2, 0.25) is 0 Å². The number of alkyl carbamates (subject to hydrolysis) is 1. The first kappa shape index (κ1) is 46.0. The minimum Gasteiger partial charge on any atom is -0.460 e. The zero-order valence-corrected chi connectivity index (χ0v) is 38.2. The van der Waals surface area contributed by atoms with Crippen molar-refractivity contribution in [3.05, 3.63) is 60.7 Å². The van der Waals surface area contributed by atoms with Gasteiger partial charge < -0.3 is 29.6 Å². The third-order valence-electron chi connectivity index (χ3n) is 14.6. The van der Waals surface area contributed by atoms with Crippen molar-refractivity contribution in [1.29, 1.82) is 0 Å². The molecular formula is C48H74N2O7Si. The summed E-state index contributed by atoms with van der Waals surface area (Å²) >= 11 is 0. The molecule has 58 heavy (non-hydrogen) atoms. The Balaban J connectivity index is 1.36. The number of hydrogen-bond acceptors (Lipinski definition) is 8. The number of ether oxygens (including phenoxy) is 2. The number of benzene rings is 2. The summed E-state index contributed by atoms with van der Waals surface area (Å²) in [6.45, 7) is 22.6. The van der Waals surface area contributed by atoms with E-state index in [-0.39, 0.29) is 35.2 Å². The van der Waals surface area contributed by atoms with Crippen LogP contribution in [-0.4, -0.2) is 75.3 Å². The van der Waals surface area contributed by atoms with Crippen molar-refractivity contribution in [2.75, 3.05) is 26.2 Å². The highest BCUT2D eigenvalue weighted by atomic mass is 28.4. The summed E-state index contributed by atoms with van der Waals surface area (Å²) in [6.07, 6.45) is 5.27. The molecule has 0 radical (unpaired) electrons. The van der Waals surface area contributed by atoms with Crippen LogP contribution >= 0.6 is 0 Å². The predicted molar refractivity (Wildman–Crippen MR) is 234 cm³/mol. The third-order valence-corrected chi connectivity index (χ3v) is 19.6. The highest BCUT2D eigenvalue weighted by molar-refractivity contribution is 6.99. The van der Waals surface area contributed by atoms with Gasteiger partial charge in [-0.15, -0.1) is 0 Å². The quantitative estimate of drug-likeness (QED) is 0.0941. The fourth-order valence-corrected chi connectivity index (χ4v) is 15.7. The lowest BCUT2D eigenvalue weighted by Gasteiger charge is -2.62. The smallest absolute Gasteiger partial charge is 0.407 e.